The predicted molar refractivity (Wildman–Crippen MR) is 74.3 cm³/mol. The Kier molecular flexibility index (Phi) is 9.38. The summed E-state index contributed by atoms with van der Waals surface area (Å²) in [4.78, 5) is 0. The Labute approximate surface area is 116 Å². The van der Waals surface area contributed by atoms with Crippen molar-refractivity contribution in [3.8, 4) is 0 Å². The van der Waals surface area contributed by atoms with Crippen molar-refractivity contribution in [3.63, 3.8) is 0 Å². The zero-order valence-electron chi connectivity index (χ0n) is 12.3. The van der Waals surface area contributed by atoms with Crippen molar-refractivity contribution in [2.75, 3.05) is 46.2 Å². The van der Waals surface area contributed by atoms with Crippen molar-refractivity contribution < 1.29 is 19.3 Å². The highest BCUT2D eigenvalue weighted by Crippen LogP contribution is 2.18. The summed E-state index contributed by atoms with van der Waals surface area (Å²) >= 11 is 0. The summed E-state index contributed by atoms with van der Waals surface area (Å²) in [6.45, 7) is 8.63. The fraction of sp³-hybridized carbons (Fsp3) is 1.00. The smallest absolute Gasteiger partial charge is 0.0897 e. The molecule has 2 atom stereocenters. The Bertz CT molecular complexity index is 210. The van der Waals surface area contributed by atoms with Gasteiger partial charge in [-0.15, -0.1) is 0 Å². The zero-order valence-corrected chi connectivity index (χ0v) is 12.3. The standard InChI is InChI=1S/C14H29NO4/c1-3-17-8-9-19-11-14(16)10-15-12(2)13-4-6-18-7-5-13/h12-16H,3-11H2,1-2H3. The zero-order chi connectivity index (χ0) is 13.9. The molecular weight excluding hydrogens is 246 g/mol. The van der Waals surface area contributed by atoms with Gasteiger partial charge in [-0.1, -0.05) is 0 Å². The van der Waals surface area contributed by atoms with Crippen molar-refractivity contribution in [3.05, 3.63) is 0 Å². The van der Waals surface area contributed by atoms with Crippen molar-refractivity contribution in [1.82, 2.24) is 5.32 Å². The van der Waals surface area contributed by atoms with Gasteiger partial charge in [0.05, 0.1) is 25.9 Å². The summed E-state index contributed by atoms with van der Waals surface area (Å²) in [7, 11) is 0. The minimum absolute atomic E-state index is 0.362. The quantitative estimate of drug-likeness (QED) is 0.578. The van der Waals surface area contributed by atoms with Crippen LogP contribution in [0, 0.1) is 5.92 Å². The summed E-state index contributed by atoms with van der Waals surface area (Å²) in [5.74, 6) is 0.653. The highest BCUT2D eigenvalue weighted by atomic mass is 16.5. The largest absolute Gasteiger partial charge is 0.389 e. The topological polar surface area (TPSA) is 60.0 Å². The molecule has 0 spiro atoms. The number of nitrogens with one attached hydrogen (secondary N) is 1. The van der Waals surface area contributed by atoms with E-state index in [4.69, 9.17) is 14.2 Å². The minimum atomic E-state index is -0.455. The number of rotatable bonds is 10. The average Bonchev–Trinajstić information content (AvgIpc) is 2.45. The molecule has 0 aromatic carbocycles. The molecule has 1 rings (SSSR count). The van der Waals surface area contributed by atoms with E-state index in [1.807, 2.05) is 6.92 Å². The van der Waals surface area contributed by atoms with E-state index < -0.39 is 6.10 Å². The van der Waals surface area contributed by atoms with Gasteiger partial charge in [0.2, 0.25) is 0 Å². The molecule has 2 N–H and O–H groups in total. The van der Waals surface area contributed by atoms with Crippen molar-refractivity contribution in [1.29, 1.82) is 0 Å². The first-order valence-corrected chi connectivity index (χ1v) is 7.38. The average molecular weight is 275 g/mol. The Balaban J connectivity index is 2.00. The van der Waals surface area contributed by atoms with Crippen LogP contribution >= 0.6 is 0 Å². The number of hydrogen-bond acceptors (Lipinski definition) is 5. The first-order chi connectivity index (χ1) is 9.24. The molecule has 0 amide bonds. The Morgan fingerprint density at radius 1 is 1.26 bits per heavy atom. The van der Waals surface area contributed by atoms with E-state index in [2.05, 4.69) is 12.2 Å². The highest BCUT2D eigenvalue weighted by Gasteiger charge is 2.20. The molecule has 1 heterocycles. The lowest BCUT2D eigenvalue weighted by Gasteiger charge is -2.29. The van der Waals surface area contributed by atoms with Gasteiger partial charge in [0.1, 0.15) is 0 Å². The summed E-state index contributed by atoms with van der Waals surface area (Å²) in [6.07, 6.45) is 1.76. The third-order valence-electron chi connectivity index (χ3n) is 3.53. The predicted octanol–water partition coefficient (Wildman–Crippen LogP) is 0.805. The monoisotopic (exact) mass is 275 g/mol. The van der Waals surface area contributed by atoms with Gasteiger partial charge in [-0.3, -0.25) is 0 Å². The molecule has 114 valence electrons. The van der Waals surface area contributed by atoms with Gasteiger partial charge < -0.3 is 24.6 Å². The van der Waals surface area contributed by atoms with E-state index in [0.717, 1.165) is 26.1 Å². The van der Waals surface area contributed by atoms with Crippen molar-refractivity contribution in [2.24, 2.45) is 5.92 Å². The van der Waals surface area contributed by atoms with E-state index in [9.17, 15) is 5.11 Å². The maximum Gasteiger partial charge on any atom is 0.0897 e. The maximum atomic E-state index is 9.80. The van der Waals surface area contributed by atoms with Crippen molar-refractivity contribution in [2.45, 2.75) is 38.8 Å². The van der Waals surface area contributed by atoms with Gasteiger partial charge in [-0.05, 0) is 32.6 Å². The number of aliphatic hydroxyl groups excluding tert-OH is 1. The van der Waals surface area contributed by atoms with E-state index in [1.165, 1.54) is 0 Å². The van der Waals surface area contributed by atoms with Crippen LogP contribution < -0.4 is 5.32 Å². The summed E-state index contributed by atoms with van der Waals surface area (Å²) in [5.41, 5.74) is 0. The minimum Gasteiger partial charge on any atom is -0.389 e. The molecular formula is C14H29NO4. The molecule has 1 saturated heterocycles. The lowest BCUT2D eigenvalue weighted by Crippen LogP contribution is -2.41. The van der Waals surface area contributed by atoms with Crippen LogP contribution in [-0.2, 0) is 14.2 Å². The molecule has 0 aliphatic carbocycles. The van der Waals surface area contributed by atoms with Gasteiger partial charge in [-0.2, -0.15) is 0 Å². The Morgan fingerprint density at radius 3 is 2.63 bits per heavy atom. The third kappa shape index (κ3) is 7.84. The molecule has 1 aliphatic rings. The SMILES string of the molecule is CCOCCOCC(O)CNC(C)C1CCOCC1. The molecule has 1 fully saturated rings. The lowest BCUT2D eigenvalue weighted by molar-refractivity contribution is 0.00381. The highest BCUT2D eigenvalue weighted by molar-refractivity contribution is 4.75. The third-order valence-corrected chi connectivity index (χ3v) is 3.53. The molecule has 0 aromatic heterocycles. The lowest BCUT2D eigenvalue weighted by atomic mass is 9.93. The van der Waals surface area contributed by atoms with Gasteiger partial charge in [-0.25, -0.2) is 0 Å². The van der Waals surface area contributed by atoms with Crippen molar-refractivity contribution >= 4 is 0 Å². The van der Waals surface area contributed by atoms with E-state index in [0.29, 0.717) is 44.9 Å². The molecule has 5 heteroatoms. The second kappa shape index (κ2) is 10.6. The fourth-order valence-electron chi connectivity index (χ4n) is 2.24. The molecule has 1 aliphatic heterocycles. The maximum absolute atomic E-state index is 9.80. The van der Waals surface area contributed by atoms with Gasteiger partial charge in [0.15, 0.2) is 0 Å². The van der Waals surface area contributed by atoms with Crippen LogP contribution in [0.4, 0.5) is 0 Å². The second-order valence-electron chi connectivity index (χ2n) is 5.07. The number of aliphatic hydroxyl groups is 1. The number of hydrogen-bond donors (Lipinski definition) is 2. The molecule has 2 unspecified atom stereocenters. The molecule has 0 bridgehead atoms. The number of ether oxygens (including phenoxy) is 3. The first-order valence-electron chi connectivity index (χ1n) is 7.38. The van der Waals surface area contributed by atoms with E-state index in [-0.39, 0.29) is 0 Å². The second-order valence-corrected chi connectivity index (χ2v) is 5.07. The fourth-order valence-corrected chi connectivity index (χ4v) is 2.24. The van der Waals surface area contributed by atoms with Crippen LogP contribution in [0.3, 0.4) is 0 Å². The van der Waals surface area contributed by atoms with Gasteiger partial charge in [0, 0.05) is 32.4 Å². The van der Waals surface area contributed by atoms with Crippen LogP contribution in [0.2, 0.25) is 0 Å². The molecule has 0 saturated carbocycles. The van der Waals surface area contributed by atoms with Crippen LogP contribution in [0.1, 0.15) is 26.7 Å². The Morgan fingerprint density at radius 2 is 1.95 bits per heavy atom. The van der Waals surface area contributed by atoms with Crippen LogP contribution in [0.5, 0.6) is 0 Å². The van der Waals surface area contributed by atoms with E-state index in [1.54, 1.807) is 0 Å². The molecule has 5 nitrogen and oxygen atoms in total. The van der Waals surface area contributed by atoms with Crippen LogP contribution in [-0.4, -0.2) is 63.4 Å². The van der Waals surface area contributed by atoms with E-state index >= 15 is 0 Å². The molecule has 19 heavy (non-hydrogen) atoms. The van der Waals surface area contributed by atoms with Crippen LogP contribution in [0.25, 0.3) is 0 Å². The molecule has 0 aromatic rings. The normalized spacial score (nSPS) is 20.4. The van der Waals surface area contributed by atoms with Gasteiger partial charge in [0.25, 0.3) is 0 Å². The summed E-state index contributed by atoms with van der Waals surface area (Å²) in [6, 6.07) is 0.418. The summed E-state index contributed by atoms with van der Waals surface area (Å²) < 4.78 is 15.9. The van der Waals surface area contributed by atoms with Crippen LogP contribution in [0.15, 0.2) is 0 Å². The van der Waals surface area contributed by atoms with Gasteiger partial charge >= 0.3 is 0 Å². The molecule has 0 radical (unpaired) electrons. The Hall–Kier alpha value is -0.200. The summed E-state index contributed by atoms with van der Waals surface area (Å²) in [5, 5.41) is 13.2. The first kappa shape index (κ1) is 16.9.